The molecule has 1 amide bonds. The van der Waals surface area contributed by atoms with Crippen LogP contribution in [0.2, 0.25) is 5.02 Å². The number of para-hydroxylation sites is 2. The number of hydrogen-bond donors (Lipinski definition) is 2. The molecule has 150 valence electrons. The number of carbonyl (C=O) groups is 1. The van der Waals surface area contributed by atoms with Crippen LogP contribution in [-0.4, -0.2) is 44.7 Å². The van der Waals surface area contributed by atoms with Crippen molar-refractivity contribution in [3.63, 3.8) is 0 Å². The Morgan fingerprint density at radius 2 is 1.86 bits per heavy atom. The van der Waals surface area contributed by atoms with Crippen molar-refractivity contribution in [2.45, 2.75) is 26.4 Å². The second kappa shape index (κ2) is 9.80. The number of nitrogens with one attached hydrogen (secondary N) is 2. The van der Waals surface area contributed by atoms with Gasteiger partial charge in [-0.1, -0.05) is 41.9 Å². The van der Waals surface area contributed by atoms with E-state index < -0.39 is 0 Å². The van der Waals surface area contributed by atoms with E-state index in [1.54, 1.807) is 0 Å². The number of carbonyl (C=O) groups excluding carboxylic acids is 1. The van der Waals surface area contributed by atoms with E-state index in [1.807, 2.05) is 56.3 Å². The fraction of sp³-hybridized carbons (Fsp3) is 0.409. The molecule has 1 fully saturated rings. The van der Waals surface area contributed by atoms with Gasteiger partial charge < -0.3 is 19.9 Å². The van der Waals surface area contributed by atoms with Crippen LogP contribution in [0.15, 0.2) is 48.5 Å². The fourth-order valence-electron chi connectivity index (χ4n) is 3.63. The van der Waals surface area contributed by atoms with Crippen LogP contribution in [0.5, 0.6) is 5.75 Å². The molecule has 1 heterocycles. The Balaban J connectivity index is 1.53. The molecule has 6 heteroatoms. The fourth-order valence-corrected chi connectivity index (χ4v) is 3.83. The van der Waals surface area contributed by atoms with Gasteiger partial charge in [-0.3, -0.25) is 4.79 Å². The van der Waals surface area contributed by atoms with Crippen molar-refractivity contribution in [3.05, 3.63) is 59.1 Å². The quantitative estimate of drug-likeness (QED) is 0.746. The largest absolute Gasteiger partial charge is 0.492 e. The van der Waals surface area contributed by atoms with Crippen LogP contribution in [0.25, 0.3) is 0 Å². The zero-order valence-corrected chi connectivity index (χ0v) is 17.3. The first-order chi connectivity index (χ1) is 13.6. The highest BCUT2D eigenvalue weighted by molar-refractivity contribution is 6.31. The van der Waals surface area contributed by atoms with Crippen LogP contribution in [0.4, 0.5) is 5.69 Å². The van der Waals surface area contributed by atoms with E-state index in [0.717, 1.165) is 43.2 Å². The van der Waals surface area contributed by atoms with Crippen molar-refractivity contribution >= 4 is 23.2 Å². The molecule has 0 radical (unpaired) electrons. The van der Waals surface area contributed by atoms with Crippen molar-refractivity contribution in [2.24, 2.45) is 0 Å². The zero-order chi connectivity index (χ0) is 19.9. The summed E-state index contributed by atoms with van der Waals surface area (Å²) in [6.07, 6.45) is 0. The average Bonchev–Trinajstić information content (AvgIpc) is 2.73. The van der Waals surface area contributed by atoms with Gasteiger partial charge in [-0.05, 0) is 37.6 Å². The van der Waals surface area contributed by atoms with E-state index >= 15 is 0 Å². The number of benzene rings is 2. The minimum Gasteiger partial charge on any atom is -0.492 e. The van der Waals surface area contributed by atoms with Gasteiger partial charge >= 0.3 is 0 Å². The van der Waals surface area contributed by atoms with Crippen molar-refractivity contribution in [1.82, 2.24) is 5.32 Å². The molecule has 1 aliphatic heterocycles. The Morgan fingerprint density at radius 1 is 1.18 bits per heavy atom. The van der Waals surface area contributed by atoms with Crippen LogP contribution >= 0.6 is 11.6 Å². The molecule has 2 aromatic carbocycles. The zero-order valence-electron chi connectivity index (χ0n) is 16.6. The predicted molar refractivity (Wildman–Crippen MR) is 113 cm³/mol. The summed E-state index contributed by atoms with van der Waals surface area (Å²) < 4.78 is 5.76. The summed E-state index contributed by atoms with van der Waals surface area (Å²) in [5.74, 6) is 0.997. The molecule has 3 rings (SSSR count). The minimum absolute atomic E-state index is 0.0677. The first kappa shape index (κ1) is 20.5. The van der Waals surface area contributed by atoms with E-state index in [2.05, 4.69) is 16.3 Å². The number of anilines is 1. The maximum atomic E-state index is 12.6. The molecule has 28 heavy (non-hydrogen) atoms. The number of rotatable bonds is 7. The highest BCUT2D eigenvalue weighted by atomic mass is 35.5. The Morgan fingerprint density at radius 3 is 2.57 bits per heavy atom. The third-order valence-electron chi connectivity index (χ3n) is 5.33. The predicted octanol–water partition coefficient (Wildman–Crippen LogP) is 2.15. The highest BCUT2D eigenvalue weighted by Crippen LogP contribution is 2.27. The van der Waals surface area contributed by atoms with Crippen LogP contribution in [0.3, 0.4) is 0 Å². The van der Waals surface area contributed by atoms with Crippen molar-refractivity contribution in [2.75, 3.05) is 37.7 Å². The van der Waals surface area contributed by atoms with Gasteiger partial charge in [0.05, 0.1) is 38.5 Å². The molecule has 5 nitrogen and oxygen atoms in total. The summed E-state index contributed by atoms with van der Waals surface area (Å²) in [4.78, 5) is 16.3. The van der Waals surface area contributed by atoms with E-state index in [9.17, 15) is 4.79 Å². The summed E-state index contributed by atoms with van der Waals surface area (Å²) in [6.45, 7) is 8.77. The molecule has 0 aromatic heterocycles. The lowest BCUT2D eigenvalue weighted by atomic mass is 10.1. The molecule has 1 atom stereocenters. The van der Waals surface area contributed by atoms with Gasteiger partial charge in [0.1, 0.15) is 5.75 Å². The number of halogens is 1. The smallest absolute Gasteiger partial charge is 0.278 e. The van der Waals surface area contributed by atoms with Crippen LogP contribution < -0.4 is 19.9 Å². The number of piperazine rings is 1. The second-order valence-electron chi connectivity index (χ2n) is 7.08. The van der Waals surface area contributed by atoms with E-state index in [1.165, 1.54) is 4.90 Å². The summed E-state index contributed by atoms with van der Waals surface area (Å²) in [6, 6.07) is 15.7. The van der Waals surface area contributed by atoms with Gasteiger partial charge in [0.2, 0.25) is 0 Å². The number of quaternary nitrogens is 1. The van der Waals surface area contributed by atoms with Crippen LogP contribution in [0.1, 0.15) is 19.4 Å². The topological polar surface area (TPSA) is 46.0 Å². The lowest BCUT2D eigenvalue weighted by Crippen LogP contribution is -3.19. The number of ether oxygens (including phenoxy) is 1. The molecule has 0 bridgehead atoms. The molecule has 0 unspecified atom stereocenters. The molecular formula is C22H29ClN3O2+. The molecule has 0 saturated carbocycles. The molecule has 2 aromatic rings. The summed E-state index contributed by atoms with van der Waals surface area (Å²) >= 11 is 6.17. The molecule has 2 N–H and O–H groups in total. The third-order valence-corrected chi connectivity index (χ3v) is 5.70. The van der Waals surface area contributed by atoms with Gasteiger partial charge in [-0.15, -0.1) is 0 Å². The van der Waals surface area contributed by atoms with Gasteiger partial charge in [0.25, 0.3) is 5.91 Å². The van der Waals surface area contributed by atoms with Crippen molar-refractivity contribution in [1.29, 1.82) is 0 Å². The molecule has 0 aliphatic carbocycles. The third kappa shape index (κ3) is 4.97. The van der Waals surface area contributed by atoms with Gasteiger partial charge in [0, 0.05) is 11.6 Å². The standard InChI is InChI=1S/C22H28ClN3O2/c1-3-28-21-11-7-6-10-20(21)26-14-12-25(13-15-26)17(2)22(27)24-16-18-8-4-5-9-19(18)23/h4-11,17H,3,12-16H2,1-2H3,(H,24,27)/p+1/t17-/m0/s1. The van der Waals surface area contributed by atoms with Crippen LogP contribution in [0, 0.1) is 0 Å². The van der Waals surface area contributed by atoms with Gasteiger partial charge in [-0.25, -0.2) is 0 Å². The molecular weight excluding hydrogens is 374 g/mol. The van der Waals surface area contributed by atoms with Gasteiger partial charge in [0.15, 0.2) is 6.04 Å². The second-order valence-corrected chi connectivity index (χ2v) is 7.48. The normalized spacial score (nSPS) is 15.9. The number of hydrogen-bond acceptors (Lipinski definition) is 3. The van der Waals surface area contributed by atoms with E-state index in [0.29, 0.717) is 18.2 Å². The number of nitrogens with zero attached hydrogens (tertiary/aromatic N) is 1. The Labute approximate surface area is 172 Å². The summed E-state index contributed by atoms with van der Waals surface area (Å²) in [5.41, 5.74) is 2.08. The SMILES string of the molecule is CCOc1ccccc1N1CC[NH+]([C@@H](C)C(=O)NCc2ccccc2Cl)CC1. The van der Waals surface area contributed by atoms with Crippen LogP contribution in [-0.2, 0) is 11.3 Å². The summed E-state index contributed by atoms with van der Waals surface area (Å²) in [5, 5.41) is 3.71. The Bertz CT molecular complexity index is 791. The lowest BCUT2D eigenvalue weighted by molar-refractivity contribution is -0.914. The summed E-state index contributed by atoms with van der Waals surface area (Å²) in [7, 11) is 0. The van der Waals surface area contributed by atoms with E-state index in [-0.39, 0.29) is 11.9 Å². The maximum absolute atomic E-state index is 12.6. The lowest BCUT2D eigenvalue weighted by Gasteiger charge is -2.36. The molecule has 1 saturated heterocycles. The Hall–Kier alpha value is -2.24. The Kier molecular flexibility index (Phi) is 7.18. The molecule has 1 aliphatic rings. The first-order valence-electron chi connectivity index (χ1n) is 9.92. The minimum atomic E-state index is -0.0910. The van der Waals surface area contributed by atoms with E-state index in [4.69, 9.17) is 16.3 Å². The highest BCUT2D eigenvalue weighted by Gasteiger charge is 2.29. The first-order valence-corrected chi connectivity index (χ1v) is 10.3. The monoisotopic (exact) mass is 402 g/mol. The molecule has 0 spiro atoms. The van der Waals surface area contributed by atoms with Crippen molar-refractivity contribution in [3.8, 4) is 5.75 Å². The van der Waals surface area contributed by atoms with Gasteiger partial charge in [-0.2, -0.15) is 0 Å². The number of amides is 1. The van der Waals surface area contributed by atoms with Crippen molar-refractivity contribution < 1.29 is 14.4 Å². The maximum Gasteiger partial charge on any atom is 0.278 e. The average molecular weight is 403 g/mol.